The monoisotopic (exact) mass is 2230 g/mol. The van der Waals surface area contributed by atoms with Crippen LogP contribution in [0, 0.1) is 0 Å². The highest BCUT2D eigenvalue weighted by molar-refractivity contribution is 14.1. The molecule has 6 N–H and O–H groups in total. The summed E-state index contributed by atoms with van der Waals surface area (Å²) in [5, 5.41) is 30.2. The first-order chi connectivity index (χ1) is 65.8. The van der Waals surface area contributed by atoms with E-state index in [4.69, 9.17) is 45.9 Å². The van der Waals surface area contributed by atoms with E-state index in [0.29, 0.717) is 115 Å². The summed E-state index contributed by atoms with van der Waals surface area (Å²) in [7, 11) is 0. The summed E-state index contributed by atoms with van der Waals surface area (Å²) in [6, 6.07) is 23.8. The number of hydrogen-bond donors (Lipinski definition) is 5. The largest absolute Gasteiger partial charge is 0.462 e. The maximum atomic E-state index is 12.6. The van der Waals surface area contributed by atoms with Crippen molar-refractivity contribution in [2.75, 3.05) is 74.3 Å². The van der Waals surface area contributed by atoms with Gasteiger partial charge in [-0.2, -0.15) is 5.01 Å². The lowest BCUT2D eigenvalue weighted by atomic mass is 10.1. The quantitative estimate of drug-likeness (QED) is 0.00363. The molecule has 10 aromatic rings. The van der Waals surface area contributed by atoms with E-state index in [0.717, 1.165) is 24.5 Å². The number of alkyl halides is 1. The summed E-state index contributed by atoms with van der Waals surface area (Å²) in [6.45, 7) is 44.6. The van der Waals surface area contributed by atoms with Crippen molar-refractivity contribution in [2.24, 2.45) is 5.84 Å². The third-order valence-corrected chi connectivity index (χ3v) is 20.5. The molecule has 0 aliphatic carbocycles. The van der Waals surface area contributed by atoms with E-state index in [2.05, 4.69) is 106 Å². The van der Waals surface area contributed by atoms with Crippen molar-refractivity contribution < 1.29 is 86.6 Å². The molecule has 0 bridgehead atoms. The van der Waals surface area contributed by atoms with Gasteiger partial charge in [-0.1, -0.05) is 125 Å². The zero-order valence-electron chi connectivity index (χ0n) is 84.4. The van der Waals surface area contributed by atoms with Crippen molar-refractivity contribution in [3.8, 4) is 5.82 Å². The van der Waals surface area contributed by atoms with Crippen molar-refractivity contribution in [3.63, 3.8) is 0 Å². The van der Waals surface area contributed by atoms with Gasteiger partial charge in [0.15, 0.2) is 43.6 Å². The molecule has 0 atom stereocenters. The van der Waals surface area contributed by atoms with Gasteiger partial charge in [0.05, 0.1) is 46.9 Å². The number of ether oxygens (including phenoxy) is 6. The molecule has 8 aromatic heterocycles. The SMILES string of the molecule is CC(C)(C)OC(=O)CN1C(=O)c2ccccc2C1=O.CC(C)(O)c1cccc(Br)n1.CCI.CCN(C(=O)OC(C)(C)C)N1C(=O)c2ccccc2C1=O.CCN(N)C(=O)OC(C)(C)C.CCOC(=O)c1cnc(SC)nc1Cl.CCOC(=O)c1cnc(SC)nc1NN(CC)C(=O)OC(C)(C)C.CCn1[nH]c2nc(SC)ncc2c1=O.CCn1c(=O)c2cnc(SC)nc2n1-c1cccc(C(C)(C)O)n1. The van der Waals surface area contributed by atoms with Crippen LogP contribution in [-0.4, -0.2) is 255 Å². The number of nitrogens with one attached hydrogen (secondary N) is 2. The van der Waals surface area contributed by atoms with Gasteiger partial charge in [0, 0.05) is 57.5 Å². The normalized spacial score (nSPS) is 12.0. The predicted octanol–water partition coefficient (Wildman–Crippen LogP) is 16.5. The molecule has 0 unspecified atom stereocenters. The summed E-state index contributed by atoms with van der Waals surface area (Å²) in [6.07, 6.45) is 11.5. The molecule has 2 aliphatic rings. The molecule has 0 radical (unpaired) electrons. The molecule has 0 spiro atoms. The third-order valence-electron chi connectivity index (χ3n) is 17.5. The van der Waals surface area contributed by atoms with E-state index in [-0.39, 0.29) is 52.9 Å². The number of anilines is 1. The maximum Gasteiger partial charge on any atom is 0.429 e. The summed E-state index contributed by atoms with van der Waals surface area (Å²) in [4.78, 5) is 186. The van der Waals surface area contributed by atoms with Gasteiger partial charge < -0.3 is 38.6 Å². The average molecular weight is 2230 g/mol. The van der Waals surface area contributed by atoms with Crippen LogP contribution >= 0.6 is 97.2 Å². The third kappa shape index (κ3) is 37.5. The molecule has 768 valence electrons. The number of benzene rings is 2. The highest BCUT2D eigenvalue weighted by Crippen LogP contribution is 2.30. The van der Waals surface area contributed by atoms with Gasteiger partial charge in [0.1, 0.15) is 71.8 Å². The minimum Gasteiger partial charge on any atom is -0.462 e. The smallest absolute Gasteiger partial charge is 0.429 e. The first kappa shape index (κ1) is 122. The molecular weight excluding hydrogens is 2100 g/mol. The van der Waals surface area contributed by atoms with Crippen LogP contribution in [-0.2, 0) is 57.5 Å². The van der Waals surface area contributed by atoms with Gasteiger partial charge >= 0.3 is 36.2 Å². The van der Waals surface area contributed by atoms with Crippen LogP contribution in [0.25, 0.3) is 27.9 Å². The van der Waals surface area contributed by atoms with E-state index in [1.807, 2.05) is 57.1 Å². The van der Waals surface area contributed by atoms with Crippen LogP contribution in [0.3, 0.4) is 0 Å². The highest BCUT2D eigenvalue weighted by atomic mass is 127. The number of nitrogens with zero attached hydrogens (tertiary/aromatic N) is 18. The number of hydrazine groups is 3. The van der Waals surface area contributed by atoms with E-state index in [9.17, 15) is 67.7 Å². The van der Waals surface area contributed by atoms with Crippen molar-refractivity contribution >= 4 is 185 Å². The van der Waals surface area contributed by atoms with Crippen LogP contribution in [0.4, 0.5) is 20.2 Å². The second kappa shape index (κ2) is 55.9. The van der Waals surface area contributed by atoms with Crippen LogP contribution in [0.5, 0.6) is 0 Å². The Morgan fingerprint density at radius 1 is 0.496 bits per heavy atom. The van der Waals surface area contributed by atoms with Crippen LogP contribution in [0.2, 0.25) is 5.15 Å². The molecule has 10 heterocycles. The summed E-state index contributed by atoms with van der Waals surface area (Å²) >= 11 is 16.8. The number of hydrogen-bond acceptors (Lipinski definition) is 36. The van der Waals surface area contributed by atoms with Gasteiger partial charge in [-0.15, -0.1) is 0 Å². The van der Waals surface area contributed by atoms with E-state index in [1.165, 1.54) is 73.6 Å². The number of carbonyl (C=O) groups excluding carboxylic acids is 10. The molecular formula is C93H126BrClIN21O20S4. The molecule has 12 rings (SSSR count). The average Bonchev–Trinajstić information content (AvgIpc) is 1.61. The molecule has 2 aromatic carbocycles. The number of esters is 3. The molecule has 0 saturated heterocycles. The number of aromatic amines is 1. The number of thioether (sulfide) groups is 4. The van der Waals surface area contributed by atoms with Crippen LogP contribution in [0.15, 0.2) is 145 Å². The number of carbonyl (C=O) groups is 10. The second-order valence-corrected chi connectivity index (χ2v) is 39.8. The Morgan fingerprint density at radius 3 is 1.35 bits per heavy atom. The van der Waals surface area contributed by atoms with Gasteiger partial charge in [-0.25, -0.2) is 104 Å². The first-order valence-electron chi connectivity index (χ1n) is 44.0. The Kier molecular flexibility index (Phi) is 48.4. The number of imide groups is 2. The zero-order chi connectivity index (χ0) is 107. The fraction of sp³-hybridized carbons (Fsp3) is 0.462. The molecule has 0 fully saturated rings. The molecule has 7 amide bonds. The Bertz CT molecular complexity index is 6020. The number of aryl methyl sites for hydroxylation is 1. The minimum absolute atomic E-state index is 0.0600. The molecule has 0 saturated carbocycles. The van der Waals surface area contributed by atoms with Gasteiger partial charge in [-0.05, 0) is 253 Å². The van der Waals surface area contributed by atoms with Crippen molar-refractivity contribution in [2.45, 2.75) is 233 Å². The Hall–Kier alpha value is -11.3. The lowest BCUT2D eigenvalue weighted by Crippen LogP contribution is -2.51. The number of H-pyrrole nitrogens is 1. The van der Waals surface area contributed by atoms with E-state index in [1.54, 1.807) is 234 Å². The summed E-state index contributed by atoms with van der Waals surface area (Å²) < 4.78 is 37.1. The van der Waals surface area contributed by atoms with Crippen LogP contribution in [0.1, 0.15) is 240 Å². The summed E-state index contributed by atoms with van der Waals surface area (Å²) in [5.41, 5.74) is 2.15. The fourth-order valence-corrected chi connectivity index (χ4v) is 13.3. The number of rotatable bonds is 21. The summed E-state index contributed by atoms with van der Waals surface area (Å²) in [5.74, 6) is 2.43. The maximum absolute atomic E-state index is 12.6. The Balaban J connectivity index is 0.000000340. The predicted molar refractivity (Wildman–Crippen MR) is 554 cm³/mol. The van der Waals surface area contributed by atoms with Crippen molar-refractivity contribution in [3.05, 3.63) is 185 Å². The number of fused-ring (bicyclic) bond motifs is 4. The standard InChI is InChI=1S/C16H19N5O2S.C15H24N4O4S.C15H18N2O4.C14H15NO4.C8H10BrNO.C8H9ClN2O2S.C8H10N4OS.C7H16N2O2.C2H5I/c1-5-20-14(22)10-9-17-15(24-4)19-13(10)21(20)12-8-6-7-11(18-12)16(2,3)23;1-7-19(14(21)23-15(3,4)5)18-11-10(12(20)22-8-2)9-16-13(17-11)24-6;1-5-16(14(20)21-15(2,3)4)17-12(18)10-8-6-7-9-11(10)13(17)19;1-14(2,3)19-11(16)8-15-12(17)9-6-4-5-7-10(9)13(15)18;1-8(2,11)6-4-3-5-7(9)10-6;1-3-13-7(12)5-4-10-8(14-2)11-6(5)9;1-3-12-7(13)5-4-9-8(14-2)10-6(5)11-12;1-5-9(8)6(10)11-7(2,3)4;1-2-3/h6-9,23H,5H2,1-4H3;9H,7-8H2,1-6H3,(H,16,17,18);6-9H,5H2,1-4H3;4-7H,8H2,1-3H3;3-5,11H,1-2H3;4H,3H2,1-2H3;4H,3H2,1-2H3,(H,9,10,11);5,8H2,1-4H3;2H2,1H3. The highest BCUT2D eigenvalue weighted by Gasteiger charge is 2.43. The molecule has 48 heteroatoms. The molecule has 41 nitrogen and oxygen atoms in total. The first-order valence-corrected chi connectivity index (χ1v) is 51.6. The van der Waals surface area contributed by atoms with Crippen molar-refractivity contribution in [1.82, 2.24) is 93.9 Å². The number of aliphatic hydroxyl groups is 2. The van der Waals surface area contributed by atoms with Gasteiger partial charge in [0.25, 0.3) is 34.7 Å². The van der Waals surface area contributed by atoms with Gasteiger partial charge in [-0.3, -0.25) is 53.7 Å². The minimum atomic E-state index is -1.07. The molecule has 141 heavy (non-hydrogen) atoms. The lowest BCUT2D eigenvalue weighted by Gasteiger charge is -2.31. The Morgan fingerprint density at radius 2 is 0.922 bits per heavy atom. The zero-order valence-corrected chi connectivity index (χ0v) is 92.2. The fourth-order valence-electron chi connectivity index (χ4n) is 11.3. The number of pyridine rings is 2. The van der Waals surface area contributed by atoms with E-state index >= 15 is 0 Å². The van der Waals surface area contributed by atoms with E-state index < -0.39 is 93.4 Å². The lowest BCUT2D eigenvalue weighted by molar-refractivity contribution is -0.155. The second-order valence-electron chi connectivity index (χ2n) is 34.0. The Labute approximate surface area is 863 Å². The number of amides is 7. The van der Waals surface area contributed by atoms with Gasteiger partial charge in [0.2, 0.25) is 0 Å². The topological polar surface area (TPSA) is 514 Å². The number of nitrogens with two attached hydrogens (primary N) is 1. The van der Waals surface area contributed by atoms with Crippen molar-refractivity contribution in [1.29, 1.82) is 0 Å². The van der Waals surface area contributed by atoms with Crippen LogP contribution < -0.4 is 22.4 Å². The number of aromatic nitrogens is 14. The molecule has 2 aliphatic heterocycles. The number of halogens is 3.